The van der Waals surface area contributed by atoms with E-state index in [-0.39, 0.29) is 0 Å². The lowest BCUT2D eigenvalue weighted by Crippen LogP contribution is -2.00. The number of anilines is 1. The van der Waals surface area contributed by atoms with Gasteiger partial charge < -0.3 is 5.32 Å². The second-order valence-corrected chi connectivity index (χ2v) is 6.50. The quantitative estimate of drug-likeness (QED) is 0.720. The number of benzene rings is 1. The summed E-state index contributed by atoms with van der Waals surface area (Å²) < 4.78 is 1.08. The van der Waals surface area contributed by atoms with Crippen LogP contribution < -0.4 is 5.32 Å². The summed E-state index contributed by atoms with van der Waals surface area (Å²) >= 11 is 5.13. The zero-order chi connectivity index (χ0) is 14.7. The van der Waals surface area contributed by atoms with Gasteiger partial charge in [-0.2, -0.15) is 0 Å². The van der Waals surface area contributed by atoms with E-state index in [0.717, 1.165) is 26.6 Å². The molecule has 0 radical (unpaired) electrons. The van der Waals surface area contributed by atoms with Crippen LogP contribution in [0, 0.1) is 6.92 Å². The number of hydrogen-bond acceptors (Lipinski definition) is 4. The third kappa shape index (κ3) is 3.68. The molecule has 1 N–H and O–H groups in total. The first-order valence-corrected chi connectivity index (χ1v) is 8.25. The van der Waals surface area contributed by atoms with E-state index in [2.05, 4.69) is 61.7 Å². The van der Waals surface area contributed by atoms with Gasteiger partial charge in [0, 0.05) is 21.7 Å². The highest BCUT2D eigenvalue weighted by molar-refractivity contribution is 9.10. The van der Waals surface area contributed by atoms with Crippen LogP contribution in [-0.4, -0.2) is 9.97 Å². The molecule has 0 unspecified atom stereocenters. The van der Waals surface area contributed by atoms with Crippen LogP contribution in [0.1, 0.15) is 11.3 Å². The van der Waals surface area contributed by atoms with Crippen molar-refractivity contribution >= 4 is 33.0 Å². The number of rotatable bonds is 4. The number of nitrogens with one attached hydrogen (secondary N) is 1. The van der Waals surface area contributed by atoms with Gasteiger partial charge in [-0.15, -0.1) is 11.3 Å². The number of hydrogen-bond donors (Lipinski definition) is 1. The summed E-state index contributed by atoms with van der Waals surface area (Å²) in [6.45, 7) is 2.79. The molecule has 0 aliphatic carbocycles. The fourth-order valence-electron chi connectivity index (χ4n) is 2.03. The fraction of sp³-hybridized carbons (Fsp3) is 0.125. The molecule has 3 rings (SSSR count). The van der Waals surface area contributed by atoms with Gasteiger partial charge in [0.1, 0.15) is 5.01 Å². The summed E-state index contributed by atoms with van der Waals surface area (Å²) in [5, 5.41) is 6.43. The lowest BCUT2D eigenvalue weighted by molar-refractivity contribution is 1.07. The van der Waals surface area contributed by atoms with Gasteiger partial charge in [0.2, 0.25) is 0 Å². The van der Waals surface area contributed by atoms with E-state index in [0.29, 0.717) is 6.54 Å². The Kier molecular flexibility index (Phi) is 4.31. The van der Waals surface area contributed by atoms with Crippen LogP contribution in [0.4, 0.5) is 5.69 Å². The minimum Gasteiger partial charge on any atom is -0.379 e. The molecule has 2 aromatic heterocycles. The van der Waals surface area contributed by atoms with E-state index < -0.39 is 0 Å². The van der Waals surface area contributed by atoms with Crippen molar-refractivity contribution in [2.45, 2.75) is 13.5 Å². The highest BCUT2D eigenvalue weighted by Crippen LogP contribution is 2.23. The Balaban J connectivity index is 1.70. The van der Waals surface area contributed by atoms with Crippen LogP contribution in [0.3, 0.4) is 0 Å². The van der Waals surface area contributed by atoms with Crippen LogP contribution in [-0.2, 0) is 6.54 Å². The molecule has 0 saturated heterocycles. The predicted molar refractivity (Wildman–Crippen MR) is 91.6 cm³/mol. The first kappa shape index (κ1) is 14.2. The summed E-state index contributed by atoms with van der Waals surface area (Å²) in [5.74, 6) is 0. The van der Waals surface area contributed by atoms with Crippen LogP contribution in [0.15, 0.2) is 52.4 Å². The molecule has 5 heteroatoms. The lowest BCUT2D eigenvalue weighted by Gasteiger charge is -2.06. The SMILES string of the molecule is Cc1cc(Br)cc(NCc2csc(-c3ccccn3)n2)c1. The van der Waals surface area contributed by atoms with Crippen molar-refractivity contribution in [3.05, 3.63) is 63.7 Å². The zero-order valence-corrected chi connectivity index (χ0v) is 13.9. The maximum atomic E-state index is 4.62. The molecule has 0 aliphatic rings. The van der Waals surface area contributed by atoms with Crippen molar-refractivity contribution in [3.63, 3.8) is 0 Å². The molecule has 106 valence electrons. The molecular formula is C16H14BrN3S. The van der Waals surface area contributed by atoms with Crippen molar-refractivity contribution in [1.29, 1.82) is 0 Å². The van der Waals surface area contributed by atoms with Crippen LogP contribution >= 0.6 is 27.3 Å². The molecule has 3 nitrogen and oxygen atoms in total. The van der Waals surface area contributed by atoms with Crippen molar-refractivity contribution in [1.82, 2.24) is 9.97 Å². The second kappa shape index (κ2) is 6.37. The minimum absolute atomic E-state index is 0.708. The Morgan fingerprint density at radius 3 is 2.90 bits per heavy atom. The molecule has 0 fully saturated rings. The van der Waals surface area contributed by atoms with Crippen LogP contribution in [0.5, 0.6) is 0 Å². The number of thiazole rings is 1. The minimum atomic E-state index is 0.708. The fourth-order valence-corrected chi connectivity index (χ4v) is 3.43. The second-order valence-electron chi connectivity index (χ2n) is 4.73. The molecule has 0 amide bonds. The number of halogens is 1. The number of aromatic nitrogens is 2. The van der Waals surface area contributed by atoms with E-state index in [1.165, 1.54) is 5.56 Å². The van der Waals surface area contributed by atoms with Crippen molar-refractivity contribution in [3.8, 4) is 10.7 Å². The Morgan fingerprint density at radius 2 is 2.14 bits per heavy atom. The molecule has 2 heterocycles. The van der Waals surface area contributed by atoms with Gasteiger partial charge in [-0.3, -0.25) is 4.98 Å². The highest BCUT2D eigenvalue weighted by Gasteiger charge is 2.05. The molecule has 0 aliphatic heterocycles. The smallest absolute Gasteiger partial charge is 0.142 e. The molecule has 0 atom stereocenters. The van der Waals surface area contributed by atoms with Gasteiger partial charge in [0.15, 0.2) is 0 Å². The first-order valence-electron chi connectivity index (χ1n) is 6.57. The van der Waals surface area contributed by atoms with Gasteiger partial charge in [-0.1, -0.05) is 22.0 Å². The number of aryl methyl sites for hydroxylation is 1. The maximum Gasteiger partial charge on any atom is 0.142 e. The van der Waals surface area contributed by atoms with E-state index in [4.69, 9.17) is 0 Å². The summed E-state index contributed by atoms with van der Waals surface area (Å²) in [6, 6.07) is 12.2. The molecule has 21 heavy (non-hydrogen) atoms. The van der Waals surface area contributed by atoms with Crippen LogP contribution in [0.2, 0.25) is 0 Å². The number of nitrogens with zero attached hydrogens (tertiary/aromatic N) is 2. The van der Waals surface area contributed by atoms with Crippen molar-refractivity contribution in [2.24, 2.45) is 0 Å². The summed E-state index contributed by atoms with van der Waals surface area (Å²) in [6.07, 6.45) is 1.79. The first-order chi connectivity index (χ1) is 10.2. The van der Waals surface area contributed by atoms with Crippen molar-refractivity contribution < 1.29 is 0 Å². The molecule has 0 spiro atoms. The maximum absolute atomic E-state index is 4.62. The Bertz CT molecular complexity index is 720. The zero-order valence-electron chi connectivity index (χ0n) is 11.5. The monoisotopic (exact) mass is 359 g/mol. The molecule has 3 aromatic rings. The summed E-state index contributed by atoms with van der Waals surface area (Å²) in [5.41, 5.74) is 4.26. The van der Waals surface area contributed by atoms with E-state index in [9.17, 15) is 0 Å². The average Bonchev–Trinajstić information content (AvgIpc) is 2.94. The third-order valence-corrected chi connectivity index (χ3v) is 4.32. The predicted octanol–water partition coefficient (Wildman–Crippen LogP) is 4.89. The van der Waals surface area contributed by atoms with Crippen molar-refractivity contribution in [2.75, 3.05) is 5.32 Å². The topological polar surface area (TPSA) is 37.8 Å². The normalized spacial score (nSPS) is 10.6. The molecule has 1 aromatic carbocycles. The molecule has 0 bridgehead atoms. The average molecular weight is 360 g/mol. The largest absolute Gasteiger partial charge is 0.379 e. The van der Waals surface area contributed by atoms with Crippen LogP contribution in [0.25, 0.3) is 10.7 Å². The van der Waals surface area contributed by atoms with Gasteiger partial charge in [-0.25, -0.2) is 4.98 Å². The Hall–Kier alpha value is -1.72. The highest BCUT2D eigenvalue weighted by atomic mass is 79.9. The van der Waals surface area contributed by atoms with E-state index in [1.807, 2.05) is 18.2 Å². The standard InChI is InChI=1S/C16H14BrN3S/c1-11-6-12(17)8-13(7-11)19-9-14-10-21-16(20-14)15-4-2-3-5-18-15/h2-8,10,19H,9H2,1H3. The third-order valence-electron chi connectivity index (χ3n) is 2.95. The van der Waals surface area contributed by atoms with Gasteiger partial charge in [0.25, 0.3) is 0 Å². The van der Waals surface area contributed by atoms with Gasteiger partial charge in [-0.05, 0) is 42.8 Å². The summed E-state index contributed by atoms with van der Waals surface area (Å²) in [7, 11) is 0. The molecule has 0 saturated carbocycles. The Morgan fingerprint density at radius 1 is 1.24 bits per heavy atom. The lowest BCUT2D eigenvalue weighted by atomic mass is 10.2. The van der Waals surface area contributed by atoms with E-state index >= 15 is 0 Å². The Labute approximate surface area is 136 Å². The van der Waals surface area contributed by atoms with E-state index in [1.54, 1.807) is 17.5 Å². The van der Waals surface area contributed by atoms with Gasteiger partial charge in [0.05, 0.1) is 17.9 Å². The summed E-state index contributed by atoms with van der Waals surface area (Å²) in [4.78, 5) is 8.95. The molecular weight excluding hydrogens is 346 g/mol. The number of pyridine rings is 1. The van der Waals surface area contributed by atoms with Gasteiger partial charge >= 0.3 is 0 Å².